The van der Waals surface area contributed by atoms with Crippen LogP contribution in [0.25, 0.3) is 0 Å². The first-order valence-corrected chi connectivity index (χ1v) is 10.0. The number of nitrogens with one attached hydrogen (secondary N) is 1. The lowest BCUT2D eigenvalue weighted by Crippen LogP contribution is -2.26. The number of pyridine rings is 1. The number of hydrogen-bond donors (Lipinski definition) is 1. The monoisotopic (exact) mass is 389 g/mol. The topological polar surface area (TPSA) is 63.1 Å². The third-order valence-electron chi connectivity index (χ3n) is 4.88. The molecular formula is C20H28ClN5O. The average Bonchev–Trinajstić information content (AvgIpc) is 3.19. The Bertz CT molecular complexity index is 817. The van der Waals surface area contributed by atoms with Gasteiger partial charge in [0, 0.05) is 37.1 Å². The van der Waals surface area contributed by atoms with Gasteiger partial charge in [0.05, 0.1) is 11.7 Å². The highest BCUT2D eigenvalue weighted by Crippen LogP contribution is 2.40. The van der Waals surface area contributed by atoms with Gasteiger partial charge in [-0.15, -0.1) is 0 Å². The van der Waals surface area contributed by atoms with Gasteiger partial charge in [0.15, 0.2) is 0 Å². The Hall–Kier alpha value is -2.08. The molecule has 1 amide bonds. The number of rotatable bonds is 6. The van der Waals surface area contributed by atoms with Crippen molar-refractivity contribution in [2.75, 3.05) is 18.0 Å². The highest BCUT2D eigenvalue weighted by Gasteiger charge is 2.32. The molecule has 0 radical (unpaired) electrons. The Labute approximate surface area is 165 Å². The van der Waals surface area contributed by atoms with E-state index in [1.54, 1.807) is 6.20 Å². The number of aromatic nitrogens is 3. The molecule has 7 heteroatoms. The summed E-state index contributed by atoms with van der Waals surface area (Å²) in [6.45, 7) is 10.6. The maximum Gasteiger partial charge on any atom is 0.269 e. The largest absolute Gasteiger partial charge is 0.364 e. The number of aryl methyl sites for hydroxylation is 1. The summed E-state index contributed by atoms with van der Waals surface area (Å²) in [7, 11) is 0. The number of nitrogens with zero attached hydrogens (tertiary/aromatic N) is 4. The lowest BCUT2D eigenvalue weighted by Gasteiger charge is -2.27. The second-order valence-electron chi connectivity index (χ2n) is 7.48. The van der Waals surface area contributed by atoms with Crippen LogP contribution in [0.4, 0.5) is 5.69 Å². The molecule has 27 heavy (non-hydrogen) atoms. The molecule has 1 saturated heterocycles. The summed E-state index contributed by atoms with van der Waals surface area (Å²) in [6, 6.07) is 4.00. The molecule has 0 bridgehead atoms. The SMILES string of the molecule is CCNC(=O)c1cc(N2CCCC2c2c(C)nn(CC(C)C)c2Cl)ccn1. The molecule has 2 aromatic heterocycles. The van der Waals surface area contributed by atoms with Gasteiger partial charge >= 0.3 is 0 Å². The van der Waals surface area contributed by atoms with Crippen molar-refractivity contribution < 1.29 is 4.79 Å². The highest BCUT2D eigenvalue weighted by molar-refractivity contribution is 6.30. The molecule has 6 nitrogen and oxygen atoms in total. The number of amides is 1. The molecule has 1 fully saturated rings. The van der Waals surface area contributed by atoms with Gasteiger partial charge in [0.25, 0.3) is 5.91 Å². The normalized spacial score (nSPS) is 17.0. The van der Waals surface area contributed by atoms with Gasteiger partial charge in [0.2, 0.25) is 0 Å². The van der Waals surface area contributed by atoms with Gasteiger partial charge in [0.1, 0.15) is 10.8 Å². The van der Waals surface area contributed by atoms with E-state index in [2.05, 4.69) is 34.1 Å². The fourth-order valence-corrected chi connectivity index (χ4v) is 4.13. The van der Waals surface area contributed by atoms with E-state index >= 15 is 0 Å². The highest BCUT2D eigenvalue weighted by atomic mass is 35.5. The van der Waals surface area contributed by atoms with E-state index in [0.717, 1.165) is 48.0 Å². The molecule has 1 aliphatic rings. The standard InChI is InChI=1S/C20H28ClN5O/c1-5-22-20(27)16-11-15(8-9-23-16)25-10-6-7-17(25)18-14(4)24-26(19(18)21)12-13(2)3/h8-9,11,13,17H,5-7,10,12H2,1-4H3,(H,22,27). The summed E-state index contributed by atoms with van der Waals surface area (Å²) in [5.41, 5.74) is 3.53. The molecule has 1 unspecified atom stereocenters. The van der Waals surface area contributed by atoms with E-state index in [4.69, 9.17) is 11.6 Å². The Morgan fingerprint density at radius 2 is 2.22 bits per heavy atom. The van der Waals surface area contributed by atoms with Crippen molar-refractivity contribution in [3.05, 3.63) is 40.4 Å². The van der Waals surface area contributed by atoms with Crippen molar-refractivity contribution in [1.82, 2.24) is 20.1 Å². The number of hydrogen-bond acceptors (Lipinski definition) is 4. The van der Waals surface area contributed by atoms with Crippen LogP contribution in [0.15, 0.2) is 18.3 Å². The van der Waals surface area contributed by atoms with Crippen molar-refractivity contribution in [2.24, 2.45) is 5.92 Å². The van der Waals surface area contributed by atoms with Crippen LogP contribution in [0.3, 0.4) is 0 Å². The molecule has 1 N–H and O–H groups in total. The Kier molecular flexibility index (Phi) is 6.05. The van der Waals surface area contributed by atoms with E-state index in [0.29, 0.717) is 18.2 Å². The van der Waals surface area contributed by atoms with Crippen LogP contribution in [-0.2, 0) is 6.54 Å². The molecular weight excluding hydrogens is 362 g/mol. The molecule has 0 aliphatic carbocycles. The van der Waals surface area contributed by atoms with Crippen LogP contribution >= 0.6 is 11.6 Å². The summed E-state index contributed by atoms with van der Waals surface area (Å²) in [5.74, 6) is 0.336. The van der Waals surface area contributed by atoms with Crippen LogP contribution in [0, 0.1) is 12.8 Å². The van der Waals surface area contributed by atoms with Crippen molar-refractivity contribution in [1.29, 1.82) is 0 Å². The molecule has 0 spiro atoms. The van der Waals surface area contributed by atoms with Gasteiger partial charge in [-0.3, -0.25) is 14.5 Å². The minimum Gasteiger partial charge on any atom is -0.364 e. The molecule has 1 aliphatic heterocycles. The minimum absolute atomic E-state index is 0.144. The zero-order valence-electron chi connectivity index (χ0n) is 16.5. The Balaban J connectivity index is 1.92. The first kappa shape index (κ1) is 19.7. The molecule has 146 valence electrons. The van der Waals surface area contributed by atoms with Gasteiger partial charge in [-0.1, -0.05) is 25.4 Å². The fourth-order valence-electron chi connectivity index (χ4n) is 3.76. The summed E-state index contributed by atoms with van der Waals surface area (Å²) in [6.07, 6.45) is 3.80. The summed E-state index contributed by atoms with van der Waals surface area (Å²) >= 11 is 6.73. The number of halogens is 1. The second-order valence-corrected chi connectivity index (χ2v) is 7.83. The number of carbonyl (C=O) groups is 1. The van der Waals surface area contributed by atoms with E-state index in [9.17, 15) is 4.79 Å². The van der Waals surface area contributed by atoms with E-state index in [1.165, 1.54) is 0 Å². The first-order valence-electron chi connectivity index (χ1n) is 9.66. The zero-order chi connectivity index (χ0) is 19.6. The van der Waals surface area contributed by atoms with Gasteiger partial charge in [-0.05, 0) is 44.7 Å². The molecule has 0 saturated carbocycles. The van der Waals surface area contributed by atoms with Gasteiger partial charge in [-0.25, -0.2) is 0 Å². The van der Waals surface area contributed by atoms with E-state index in [1.807, 2.05) is 30.7 Å². The Morgan fingerprint density at radius 3 is 2.93 bits per heavy atom. The van der Waals surface area contributed by atoms with E-state index < -0.39 is 0 Å². The van der Waals surface area contributed by atoms with Crippen LogP contribution in [0.2, 0.25) is 5.15 Å². The molecule has 1 atom stereocenters. The van der Waals surface area contributed by atoms with Crippen molar-refractivity contribution >= 4 is 23.2 Å². The summed E-state index contributed by atoms with van der Waals surface area (Å²) < 4.78 is 1.92. The third-order valence-corrected chi connectivity index (χ3v) is 5.28. The predicted octanol–water partition coefficient (Wildman–Crippen LogP) is 3.99. The third kappa shape index (κ3) is 4.10. The second kappa shape index (κ2) is 8.30. The van der Waals surface area contributed by atoms with Crippen LogP contribution in [0.5, 0.6) is 0 Å². The lowest BCUT2D eigenvalue weighted by molar-refractivity contribution is 0.0951. The van der Waals surface area contributed by atoms with Crippen LogP contribution in [-0.4, -0.2) is 33.8 Å². The van der Waals surface area contributed by atoms with Gasteiger partial charge in [-0.2, -0.15) is 5.10 Å². The molecule has 2 aromatic rings. The number of anilines is 1. The zero-order valence-corrected chi connectivity index (χ0v) is 17.3. The first-order chi connectivity index (χ1) is 12.9. The van der Waals surface area contributed by atoms with Crippen molar-refractivity contribution in [2.45, 2.75) is 53.1 Å². The molecule has 3 heterocycles. The number of carbonyl (C=O) groups excluding carboxylic acids is 1. The molecule has 0 aromatic carbocycles. The van der Waals surface area contributed by atoms with Crippen LogP contribution < -0.4 is 10.2 Å². The average molecular weight is 390 g/mol. The minimum atomic E-state index is -0.144. The van der Waals surface area contributed by atoms with Crippen molar-refractivity contribution in [3.8, 4) is 0 Å². The van der Waals surface area contributed by atoms with Crippen LogP contribution in [0.1, 0.15) is 61.4 Å². The predicted molar refractivity (Wildman–Crippen MR) is 108 cm³/mol. The van der Waals surface area contributed by atoms with E-state index in [-0.39, 0.29) is 11.9 Å². The quantitative estimate of drug-likeness (QED) is 0.811. The van der Waals surface area contributed by atoms with Gasteiger partial charge < -0.3 is 10.2 Å². The fraction of sp³-hybridized carbons (Fsp3) is 0.550. The summed E-state index contributed by atoms with van der Waals surface area (Å²) in [4.78, 5) is 18.7. The smallest absolute Gasteiger partial charge is 0.269 e. The molecule has 3 rings (SSSR count). The maximum absolute atomic E-state index is 12.2. The van der Waals surface area contributed by atoms with Crippen molar-refractivity contribution in [3.63, 3.8) is 0 Å². The maximum atomic E-state index is 12.2. The lowest BCUT2D eigenvalue weighted by atomic mass is 10.1. The summed E-state index contributed by atoms with van der Waals surface area (Å²) in [5, 5.41) is 8.22. The Morgan fingerprint density at radius 1 is 1.44 bits per heavy atom.